The number of rotatable bonds is 7. The van der Waals surface area contributed by atoms with Crippen LogP contribution in [0.3, 0.4) is 0 Å². The van der Waals surface area contributed by atoms with Gasteiger partial charge in [-0.15, -0.1) is 0 Å². The van der Waals surface area contributed by atoms with E-state index in [2.05, 4.69) is 15.4 Å². The van der Waals surface area contributed by atoms with Gasteiger partial charge in [0, 0.05) is 25.3 Å². The highest BCUT2D eigenvalue weighted by atomic mass is 19.3. The molecule has 144 valence electrons. The monoisotopic (exact) mass is 377 g/mol. The fourth-order valence-electron chi connectivity index (χ4n) is 2.29. The lowest BCUT2D eigenvalue weighted by Crippen LogP contribution is -2.32. The zero-order valence-corrected chi connectivity index (χ0v) is 15.2. The zero-order chi connectivity index (χ0) is 20.0. The normalized spacial score (nSPS) is 11.6. The lowest BCUT2D eigenvalue weighted by atomic mass is 10.2. The van der Waals surface area contributed by atoms with Crippen LogP contribution in [0.1, 0.15) is 13.8 Å². The molecule has 2 aromatic rings. The maximum Gasteiger partial charge on any atom is 0.387 e. The number of amides is 2. The summed E-state index contributed by atoms with van der Waals surface area (Å²) in [6.45, 7) is 0.126. The van der Waals surface area contributed by atoms with E-state index in [1.807, 2.05) is 0 Å². The summed E-state index contributed by atoms with van der Waals surface area (Å²) in [4.78, 5) is 25.2. The molecule has 1 unspecified atom stereocenters. The molecule has 0 spiro atoms. The van der Waals surface area contributed by atoms with Crippen LogP contribution in [0.2, 0.25) is 0 Å². The van der Waals surface area contributed by atoms with Crippen molar-refractivity contribution >= 4 is 28.9 Å². The number of nitrogens with zero attached hydrogens (tertiary/aromatic N) is 1. The molecule has 0 aliphatic rings. The first kappa shape index (κ1) is 20.2. The Hall–Kier alpha value is -3.16. The van der Waals surface area contributed by atoms with Crippen molar-refractivity contribution in [3.8, 4) is 5.75 Å². The predicted octanol–water partition coefficient (Wildman–Crippen LogP) is 3.71. The van der Waals surface area contributed by atoms with E-state index in [0.717, 1.165) is 5.69 Å². The van der Waals surface area contributed by atoms with E-state index in [1.54, 1.807) is 44.3 Å². The Balaban J connectivity index is 2.01. The van der Waals surface area contributed by atoms with Crippen LogP contribution in [0.15, 0.2) is 48.5 Å². The van der Waals surface area contributed by atoms with Gasteiger partial charge in [0.25, 0.3) is 0 Å². The maximum absolute atomic E-state index is 12.5. The smallest absolute Gasteiger partial charge is 0.387 e. The first-order valence-electron chi connectivity index (χ1n) is 8.23. The molecule has 0 heterocycles. The van der Waals surface area contributed by atoms with Crippen LogP contribution in [-0.4, -0.2) is 31.5 Å². The average molecular weight is 377 g/mol. The lowest BCUT2D eigenvalue weighted by Gasteiger charge is -2.18. The number of hydrogen-bond acceptors (Lipinski definition) is 4. The number of halogens is 2. The topological polar surface area (TPSA) is 70.7 Å². The molecule has 2 rings (SSSR count). The van der Waals surface area contributed by atoms with Crippen LogP contribution in [0.5, 0.6) is 5.75 Å². The minimum absolute atomic E-state index is 0.0897. The van der Waals surface area contributed by atoms with Gasteiger partial charge in [0.2, 0.25) is 11.8 Å². The predicted molar refractivity (Wildman–Crippen MR) is 100 cm³/mol. The molecule has 8 heteroatoms. The molecular weight excluding hydrogens is 356 g/mol. The number of carbonyl (C=O) groups is 2. The van der Waals surface area contributed by atoms with Gasteiger partial charge >= 0.3 is 6.61 Å². The third-order valence-electron chi connectivity index (χ3n) is 3.86. The van der Waals surface area contributed by atoms with Gasteiger partial charge in [0.15, 0.2) is 0 Å². The number of benzene rings is 2. The highest BCUT2D eigenvalue weighted by molar-refractivity contribution is 5.97. The maximum atomic E-state index is 12.5. The summed E-state index contributed by atoms with van der Waals surface area (Å²) < 4.78 is 29.3. The summed E-state index contributed by atoms with van der Waals surface area (Å²) >= 11 is 0. The van der Waals surface area contributed by atoms with E-state index in [9.17, 15) is 18.4 Å². The summed E-state index contributed by atoms with van der Waals surface area (Å²) in [6.07, 6.45) is 0. The van der Waals surface area contributed by atoms with E-state index >= 15 is 0 Å². The highest BCUT2D eigenvalue weighted by Crippen LogP contribution is 2.26. The molecule has 27 heavy (non-hydrogen) atoms. The number of hydrogen-bond donors (Lipinski definition) is 2. The standard InChI is InChI=1S/C19H21F2N3O3/c1-12(22-14-8-10-15(11-9-14)24(3)13(2)25)18(26)23-16-6-4-5-7-17(16)27-19(20)21/h4-12,19,22H,1-3H3,(H,23,26). The van der Waals surface area contributed by atoms with Crippen molar-refractivity contribution in [2.75, 3.05) is 22.6 Å². The van der Waals surface area contributed by atoms with Gasteiger partial charge in [-0.25, -0.2) is 0 Å². The van der Waals surface area contributed by atoms with Gasteiger partial charge in [-0.05, 0) is 43.3 Å². The highest BCUT2D eigenvalue weighted by Gasteiger charge is 2.16. The van der Waals surface area contributed by atoms with E-state index in [0.29, 0.717) is 5.69 Å². The van der Waals surface area contributed by atoms with Crippen molar-refractivity contribution in [3.05, 3.63) is 48.5 Å². The third-order valence-corrected chi connectivity index (χ3v) is 3.86. The van der Waals surface area contributed by atoms with Crippen molar-refractivity contribution in [1.29, 1.82) is 0 Å². The van der Waals surface area contributed by atoms with Crippen LogP contribution < -0.4 is 20.3 Å². The minimum atomic E-state index is -2.98. The number of para-hydroxylation sites is 2. The van der Waals surface area contributed by atoms with Crippen LogP contribution in [0.25, 0.3) is 0 Å². The van der Waals surface area contributed by atoms with Crippen molar-refractivity contribution in [2.45, 2.75) is 26.5 Å². The average Bonchev–Trinajstić information content (AvgIpc) is 2.62. The van der Waals surface area contributed by atoms with Gasteiger partial charge in [-0.1, -0.05) is 12.1 Å². The van der Waals surface area contributed by atoms with Crippen molar-refractivity contribution in [1.82, 2.24) is 0 Å². The second kappa shape index (κ2) is 8.98. The lowest BCUT2D eigenvalue weighted by molar-refractivity contribution is -0.117. The molecule has 2 amide bonds. The Morgan fingerprint density at radius 2 is 1.70 bits per heavy atom. The van der Waals surface area contributed by atoms with E-state index in [-0.39, 0.29) is 17.3 Å². The van der Waals surface area contributed by atoms with E-state index in [1.165, 1.54) is 30.0 Å². The summed E-state index contributed by atoms with van der Waals surface area (Å²) in [6, 6.07) is 12.3. The van der Waals surface area contributed by atoms with Gasteiger partial charge in [0.1, 0.15) is 11.8 Å². The van der Waals surface area contributed by atoms with Gasteiger partial charge < -0.3 is 20.3 Å². The SMILES string of the molecule is CC(=O)N(C)c1ccc(NC(C)C(=O)Nc2ccccc2OC(F)F)cc1. The molecule has 0 aliphatic carbocycles. The Morgan fingerprint density at radius 3 is 2.30 bits per heavy atom. The Morgan fingerprint density at radius 1 is 1.07 bits per heavy atom. The first-order chi connectivity index (χ1) is 12.8. The largest absolute Gasteiger partial charge is 0.433 e. The second-order valence-corrected chi connectivity index (χ2v) is 5.85. The second-order valence-electron chi connectivity index (χ2n) is 5.85. The Bertz CT molecular complexity index is 797. The number of nitrogens with one attached hydrogen (secondary N) is 2. The number of ether oxygens (including phenoxy) is 1. The molecule has 0 aromatic heterocycles. The molecule has 0 bridgehead atoms. The third kappa shape index (κ3) is 5.67. The molecule has 1 atom stereocenters. The quantitative estimate of drug-likeness (QED) is 0.772. The zero-order valence-electron chi connectivity index (χ0n) is 15.2. The molecule has 0 radical (unpaired) electrons. The van der Waals surface area contributed by atoms with Crippen LogP contribution >= 0.6 is 0 Å². The van der Waals surface area contributed by atoms with Crippen LogP contribution in [0.4, 0.5) is 25.8 Å². The van der Waals surface area contributed by atoms with E-state index in [4.69, 9.17) is 0 Å². The van der Waals surface area contributed by atoms with Crippen LogP contribution in [0, 0.1) is 0 Å². The van der Waals surface area contributed by atoms with Gasteiger partial charge in [0.05, 0.1) is 5.69 Å². The molecule has 0 saturated heterocycles. The Kier molecular flexibility index (Phi) is 6.70. The molecule has 2 aromatic carbocycles. The fraction of sp³-hybridized carbons (Fsp3) is 0.263. The molecule has 0 fully saturated rings. The number of alkyl halides is 2. The summed E-state index contributed by atoms with van der Waals surface area (Å²) in [5.41, 5.74) is 1.56. The van der Waals surface area contributed by atoms with E-state index < -0.39 is 18.6 Å². The molecule has 2 N–H and O–H groups in total. The van der Waals surface area contributed by atoms with Crippen molar-refractivity contribution in [2.24, 2.45) is 0 Å². The number of carbonyl (C=O) groups excluding carboxylic acids is 2. The van der Waals surface area contributed by atoms with Gasteiger partial charge in [-0.3, -0.25) is 9.59 Å². The fourth-order valence-corrected chi connectivity index (χ4v) is 2.29. The Labute approximate surface area is 156 Å². The summed E-state index contributed by atoms with van der Waals surface area (Å²) in [5.74, 6) is -0.608. The summed E-state index contributed by atoms with van der Waals surface area (Å²) in [5, 5.41) is 5.58. The molecular formula is C19H21F2N3O3. The van der Waals surface area contributed by atoms with Crippen molar-refractivity contribution in [3.63, 3.8) is 0 Å². The number of anilines is 3. The molecule has 0 aliphatic heterocycles. The minimum Gasteiger partial charge on any atom is -0.433 e. The van der Waals surface area contributed by atoms with Gasteiger partial charge in [-0.2, -0.15) is 8.78 Å². The van der Waals surface area contributed by atoms with Crippen LogP contribution in [-0.2, 0) is 9.59 Å². The summed E-state index contributed by atoms with van der Waals surface area (Å²) in [7, 11) is 1.67. The molecule has 0 saturated carbocycles. The molecule has 6 nitrogen and oxygen atoms in total. The first-order valence-corrected chi connectivity index (χ1v) is 8.23. The van der Waals surface area contributed by atoms with Crippen molar-refractivity contribution < 1.29 is 23.1 Å².